The molecule has 192 valence electrons. The van der Waals surface area contributed by atoms with Crippen LogP contribution < -0.4 is 21.1 Å². The Bertz CT molecular complexity index is 1410. The number of nitrogens with zero attached hydrogens (tertiary/aromatic N) is 4. The third-order valence-corrected chi connectivity index (χ3v) is 6.15. The fourth-order valence-corrected chi connectivity index (χ4v) is 4.39. The van der Waals surface area contributed by atoms with Crippen LogP contribution in [0.4, 0.5) is 19.0 Å². The number of hydrogen-bond donors (Lipinski definition) is 3. The Hall–Kier alpha value is -4.19. The van der Waals surface area contributed by atoms with Crippen LogP contribution in [-0.2, 0) is 6.54 Å². The lowest BCUT2D eigenvalue weighted by molar-refractivity contribution is -0.274. The van der Waals surface area contributed by atoms with Gasteiger partial charge in [0.05, 0.1) is 11.4 Å². The first-order valence-electron chi connectivity index (χ1n) is 11.7. The second-order valence-corrected chi connectivity index (χ2v) is 8.71. The highest BCUT2D eigenvalue weighted by Crippen LogP contribution is 2.33. The van der Waals surface area contributed by atoms with Gasteiger partial charge in [-0.1, -0.05) is 30.3 Å². The van der Waals surface area contributed by atoms with Gasteiger partial charge in [0.2, 0.25) is 0 Å². The molecule has 1 fully saturated rings. The molecular formula is C25H24F3N7O2. The number of halogens is 3. The van der Waals surface area contributed by atoms with Crippen molar-refractivity contribution in [2.24, 2.45) is 0 Å². The Kier molecular flexibility index (Phi) is 6.66. The van der Waals surface area contributed by atoms with Gasteiger partial charge in [-0.25, -0.2) is 14.6 Å². The van der Waals surface area contributed by atoms with Crippen molar-refractivity contribution in [3.8, 4) is 17.0 Å². The lowest BCUT2D eigenvalue weighted by atomic mass is 10.1. The van der Waals surface area contributed by atoms with Crippen LogP contribution in [0.5, 0.6) is 5.75 Å². The first-order valence-corrected chi connectivity index (χ1v) is 11.7. The number of piperidine rings is 1. The monoisotopic (exact) mass is 511 g/mol. The van der Waals surface area contributed by atoms with E-state index < -0.39 is 18.0 Å². The molecule has 1 aliphatic heterocycles. The molecule has 37 heavy (non-hydrogen) atoms. The standard InChI is InChI=1S/C25H24F3N7O2/c26-25(27,28)37-19-5-1-3-17(11-19)24(36)31-12-15-6-8-16(9-7-15)21-20-22(29)32-14-33-23(20)35(34-21)18-4-2-10-30-13-18/h1,3,5-9,11,14,18,30H,2,4,10,12-13H2,(H,31,36)(H2,29,32,33)/t18-/m1/s1. The van der Waals surface area contributed by atoms with Crippen LogP contribution in [0.1, 0.15) is 34.8 Å². The number of nitrogen functional groups attached to an aromatic ring is 1. The number of aromatic nitrogens is 4. The molecule has 0 radical (unpaired) electrons. The number of alkyl halides is 3. The summed E-state index contributed by atoms with van der Waals surface area (Å²) in [6, 6.07) is 12.5. The predicted octanol–water partition coefficient (Wildman–Crippen LogP) is 3.83. The summed E-state index contributed by atoms with van der Waals surface area (Å²) in [5.41, 5.74) is 9.24. The number of nitrogens with two attached hydrogens (primary N) is 1. The smallest absolute Gasteiger partial charge is 0.406 e. The Balaban J connectivity index is 1.32. The Morgan fingerprint density at radius 1 is 1.19 bits per heavy atom. The van der Waals surface area contributed by atoms with E-state index in [1.165, 1.54) is 18.5 Å². The minimum Gasteiger partial charge on any atom is -0.406 e. The van der Waals surface area contributed by atoms with Crippen molar-refractivity contribution in [3.05, 3.63) is 66.0 Å². The highest BCUT2D eigenvalue weighted by Gasteiger charge is 2.31. The lowest BCUT2D eigenvalue weighted by Gasteiger charge is -2.23. The van der Waals surface area contributed by atoms with Crippen molar-refractivity contribution in [3.63, 3.8) is 0 Å². The van der Waals surface area contributed by atoms with E-state index in [4.69, 9.17) is 10.8 Å². The van der Waals surface area contributed by atoms with Crippen molar-refractivity contribution in [1.82, 2.24) is 30.4 Å². The summed E-state index contributed by atoms with van der Waals surface area (Å²) in [6.45, 7) is 1.95. The van der Waals surface area contributed by atoms with Crippen molar-refractivity contribution < 1.29 is 22.7 Å². The predicted molar refractivity (Wildman–Crippen MR) is 131 cm³/mol. The molecule has 0 unspecified atom stereocenters. The Morgan fingerprint density at radius 2 is 2.00 bits per heavy atom. The number of nitrogens with one attached hydrogen (secondary N) is 2. The number of amides is 1. The minimum absolute atomic E-state index is 0.0584. The van der Waals surface area contributed by atoms with Crippen LogP contribution in [0.2, 0.25) is 0 Å². The van der Waals surface area contributed by atoms with Crippen molar-refractivity contribution in [1.29, 1.82) is 0 Å². The SMILES string of the molecule is Nc1ncnc2c1c(-c1ccc(CNC(=O)c3cccc(OC(F)(F)F)c3)cc1)nn2[C@@H]1CCCNC1. The average Bonchev–Trinajstić information content (AvgIpc) is 3.28. The van der Waals surface area contributed by atoms with Gasteiger partial charge in [-0.15, -0.1) is 13.2 Å². The maximum atomic E-state index is 12.5. The molecule has 1 atom stereocenters. The van der Waals surface area contributed by atoms with Crippen LogP contribution >= 0.6 is 0 Å². The molecule has 12 heteroatoms. The van der Waals surface area contributed by atoms with E-state index in [0.717, 1.165) is 49.2 Å². The summed E-state index contributed by atoms with van der Waals surface area (Å²) >= 11 is 0. The molecule has 1 amide bonds. The molecule has 0 spiro atoms. The molecule has 0 aliphatic carbocycles. The van der Waals surface area contributed by atoms with Gasteiger partial charge in [0.15, 0.2) is 5.65 Å². The third-order valence-electron chi connectivity index (χ3n) is 6.15. The fourth-order valence-electron chi connectivity index (χ4n) is 4.39. The van der Waals surface area contributed by atoms with Gasteiger partial charge < -0.3 is 21.1 Å². The number of hydrogen-bond acceptors (Lipinski definition) is 7. The first kappa shape index (κ1) is 24.5. The lowest BCUT2D eigenvalue weighted by Crippen LogP contribution is -2.32. The summed E-state index contributed by atoms with van der Waals surface area (Å²) in [5.74, 6) is -0.626. The summed E-state index contributed by atoms with van der Waals surface area (Å²) in [4.78, 5) is 21.1. The van der Waals surface area contributed by atoms with Gasteiger partial charge in [-0.3, -0.25) is 4.79 Å². The number of fused-ring (bicyclic) bond motifs is 1. The molecule has 2 aromatic carbocycles. The van der Waals surface area contributed by atoms with Gasteiger partial charge in [-0.05, 0) is 43.1 Å². The highest BCUT2D eigenvalue weighted by atomic mass is 19.4. The highest BCUT2D eigenvalue weighted by molar-refractivity contribution is 5.98. The zero-order chi connectivity index (χ0) is 26.0. The van der Waals surface area contributed by atoms with E-state index in [1.807, 2.05) is 28.9 Å². The van der Waals surface area contributed by atoms with E-state index in [0.29, 0.717) is 22.5 Å². The molecule has 3 heterocycles. The molecular weight excluding hydrogens is 487 g/mol. The van der Waals surface area contributed by atoms with Crippen molar-refractivity contribution in [2.45, 2.75) is 31.8 Å². The normalized spacial score (nSPS) is 16.0. The second-order valence-electron chi connectivity index (χ2n) is 8.71. The van der Waals surface area contributed by atoms with Crippen LogP contribution in [0.3, 0.4) is 0 Å². The zero-order valence-corrected chi connectivity index (χ0v) is 19.6. The van der Waals surface area contributed by atoms with E-state index in [1.54, 1.807) is 0 Å². The number of rotatable bonds is 6. The molecule has 5 rings (SSSR count). The molecule has 1 saturated heterocycles. The summed E-state index contributed by atoms with van der Waals surface area (Å²) in [6.07, 6.45) is -1.37. The Morgan fingerprint density at radius 3 is 2.73 bits per heavy atom. The quantitative estimate of drug-likeness (QED) is 0.360. The summed E-state index contributed by atoms with van der Waals surface area (Å²) in [7, 11) is 0. The molecule has 4 aromatic rings. The molecule has 0 bridgehead atoms. The van der Waals surface area contributed by atoms with Crippen molar-refractivity contribution in [2.75, 3.05) is 18.8 Å². The topological polar surface area (TPSA) is 120 Å². The summed E-state index contributed by atoms with van der Waals surface area (Å²) < 4.78 is 43.2. The van der Waals surface area contributed by atoms with Crippen LogP contribution in [-0.4, -0.2) is 45.1 Å². The number of anilines is 1. The Labute approximate surface area is 209 Å². The van der Waals surface area contributed by atoms with Crippen LogP contribution in [0.15, 0.2) is 54.9 Å². The minimum atomic E-state index is -4.83. The molecule has 2 aromatic heterocycles. The van der Waals surface area contributed by atoms with Gasteiger partial charge >= 0.3 is 6.36 Å². The van der Waals surface area contributed by atoms with Crippen molar-refractivity contribution >= 4 is 22.8 Å². The number of carbonyl (C=O) groups excluding carboxylic acids is 1. The number of carbonyl (C=O) groups is 1. The van der Waals surface area contributed by atoms with Gasteiger partial charge in [-0.2, -0.15) is 5.10 Å². The van der Waals surface area contributed by atoms with Crippen LogP contribution in [0.25, 0.3) is 22.3 Å². The zero-order valence-electron chi connectivity index (χ0n) is 19.6. The van der Waals surface area contributed by atoms with E-state index in [-0.39, 0.29) is 18.2 Å². The first-order chi connectivity index (χ1) is 17.8. The van der Waals surface area contributed by atoms with Gasteiger partial charge in [0.1, 0.15) is 23.6 Å². The van der Waals surface area contributed by atoms with E-state index in [9.17, 15) is 18.0 Å². The van der Waals surface area contributed by atoms with Gasteiger partial charge in [0, 0.05) is 24.2 Å². The third kappa shape index (κ3) is 5.48. The van der Waals surface area contributed by atoms with E-state index >= 15 is 0 Å². The largest absolute Gasteiger partial charge is 0.573 e. The van der Waals surface area contributed by atoms with Crippen LogP contribution in [0, 0.1) is 0 Å². The summed E-state index contributed by atoms with van der Waals surface area (Å²) in [5, 5.41) is 11.6. The molecule has 4 N–H and O–H groups in total. The molecule has 0 saturated carbocycles. The second kappa shape index (κ2) is 10.1. The average molecular weight is 512 g/mol. The maximum absolute atomic E-state index is 12.5. The fraction of sp³-hybridized carbons (Fsp3) is 0.280. The maximum Gasteiger partial charge on any atom is 0.573 e. The number of benzene rings is 2. The number of ether oxygens (including phenoxy) is 1. The van der Waals surface area contributed by atoms with E-state index in [2.05, 4.69) is 25.3 Å². The van der Waals surface area contributed by atoms with Gasteiger partial charge in [0.25, 0.3) is 5.91 Å². The molecule has 9 nitrogen and oxygen atoms in total. The molecule has 1 aliphatic rings.